The van der Waals surface area contributed by atoms with Crippen LogP contribution in [0, 0.1) is 0 Å². The van der Waals surface area contributed by atoms with Gasteiger partial charge in [-0.05, 0) is 37.2 Å². The van der Waals surface area contributed by atoms with E-state index >= 15 is 0 Å². The largest absolute Gasteiger partial charge is 0.494 e. The average molecular weight is 249 g/mol. The summed E-state index contributed by atoms with van der Waals surface area (Å²) in [6.07, 6.45) is 0.865. The van der Waals surface area contributed by atoms with Gasteiger partial charge in [-0.15, -0.1) is 11.3 Å². The molecule has 0 fully saturated rings. The van der Waals surface area contributed by atoms with Gasteiger partial charge < -0.3 is 16.2 Å². The Morgan fingerprint density at radius 1 is 1.24 bits per heavy atom. The minimum atomic E-state index is 0.586. The summed E-state index contributed by atoms with van der Waals surface area (Å²) in [5, 5.41) is 2.53. The highest BCUT2D eigenvalue weighted by Gasteiger charge is 2.02. The molecule has 1 aromatic heterocycles. The number of anilines is 1. The monoisotopic (exact) mass is 249 g/mol. The highest BCUT2D eigenvalue weighted by molar-refractivity contribution is 7.13. The van der Waals surface area contributed by atoms with E-state index in [9.17, 15) is 0 Å². The van der Waals surface area contributed by atoms with Gasteiger partial charge in [0.2, 0.25) is 0 Å². The molecule has 2 aromatic rings. The number of aromatic nitrogens is 1. The maximum Gasteiger partial charge on any atom is 0.180 e. The van der Waals surface area contributed by atoms with Crippen molar-refractivity contribution in [1.29, 1.82) is 0 Å². The summed E-state index contributed by atoms with van der Waals surface area (Å²) < 4.78 is 5.52. The predicted molar refractivity (Wildman–Crippen MR) is 71.1 cm³/mol. The highest BCUT2D eigenvalue weighted by atomic mass is 32.1. The molecule has 0 aliphatic heterocycles. The van der Waals surface area contributed by atoms with Gasteiger partial charge in [0.25, 0.3) is 0 Å². The number of nitrogens with zero attached hydrogens (tertiary/aromatic N) is 1. The number of hydrogen-bond donors (Lipinski definition) is 2. The van der Waals surface area contributed by atoms with Crippen molar-refractivity contribution in [1.82, 2.24) is 4.98 Å². The van der Waals surface area contributed by atoms with Gasteiger partial charge in [0, 0.05) is 10.9 Å². The smallest absolute Gasteiger partial charge is 0.180 e. The molecule has 17 heavy (non-hydrogen) atoms. The summed E-state index contributed by atoms with van der Waals surface area (Å²) in [5.41, 5.74) is 12.9. The second-order valence-electron chi connectivity index (χ2n) is 3.59. The molecular formula is C12H15N3OS. The van der Waals surface area contributed by atoms with E-state index in [2.05, 4.69) is 4.98 Å². The van der Waals surface area contributed by atoms with Gasteiger partial charge in [-0.25, -0.2) is 4.98 Å². The number of thiazole rings is 1. The van der Waals surface area contributed by atoms with Crippen LogP contribution in [0.4, 0.5) is 5.13 Å². The second kappa shape index (κ2) is 5.65. The first-order chi connectivity index (χ1) is 8.29. The molecule has 5 heteroatoms. The summed E-state index contributed by atoms with van der Waals surface area (Å²) in [4.78, 5) is 4.22. The number of benzene rings is 1. The van der Waals surface area contributed by atoms with E-state index < -0.39 is 0 Å². The van der Waals surface area contributed by atoms with E-state index in [1.165, 1.54) is 11.3 Å². The molecule has 0 aliphatic carbocycles. The normalized spacial score (nSPS) is 10.4. The Hall–Kier alpha value is -1.59. The van der Waals surface area contributed by atoms with E-state index in [1.807, 2.05) is 29.6 Å². The van der Waals surface area contributed by atoms with Crippen LogP contribution in [0.5, 0.6) is 5.75 Å². The van der Waals surface area contributed by atoms with Crippen LogP contribution in [-0.2, 0) is 0 Å². The van der Waals surface area contributed by atoms with Crippen LogP contribution in [0.3, 0.4) is 0 Å². The van der Waals surface area contributed by atoms with E-state index in [4.69, 9.17) is 16.2 Å². The minimum absolute atomic E-state index is 0.586. The van der Waals surface area contributed by atoms with Crippen molar-refractivity contribution >= 4 is 16.5 Å². The summed E-state index contributed by atoms with van der Waals surface area (Å²) in [7, 11) is 0. The van der Waals surface area contributed by atoms with Crippen molar-refractivity contribution in [2.75, 3.05) is 18.9 Å². The minimum Gasteiger partial charge on any atom is -0.494 e. The van der Waals surface area contributed by atoms with E-state index in [0.29, 0.717) is 18.3 Å². The molecule has 1 aromatic carbocycles. The molecule has 0 unspecified atom stereocenters. The second-order valence-corrected chi connectivity index (χ2v) is 4.48. The Morgan fingerprint density at radius 3 is 2.59 bits per heavy atom. The van der Waals surface area contributed by atoms with Gasteiger partial charge in [-0.3, -0.25) is 0 Å². The van der Waals surface area contributed by atoms with Gasteiger partial charge in [0.05, 0.1) is 12.3 Å². The zero-order valence-corrected chi connectivity index (χ0v) is 10.2. The number of ether oxygens (including phenoxy) is 1. The molecule has 0 bridgehead atoms. The number of rotatable bonds is 5. The number of nitrogen functional groups attached to an aromatic ring is 1. The topological polar surface area (TPSA) is 74.2 Å². The van der Waals surface area contributed by atoms with Crippen LogP contribution in [0.15, 0.2) is 29.6 Å². The maximum atomic E-state index is 5.60. The third-order valence-corrected chi connectivity index (χ3v) is 2.96. The third-order valence-electron chi connectivity index (χ3n) is 2.29. The molecule has 0 saturated carbocycles. The van der Waals surface area contributed by atoms with Crippen molar-refractivity contribution in [3.05, 3.63) is 29.6 Å². The van der Waals surface area contributed by atoms with Crippen molar-refractivity contribution in [3.8, 4) is 17.0 Å². The van der Waals surface area contributed by atoms with Crippen molar-refractivity contribution in [3.63, 3.8) is 0 Å². The molecular weight excluding hydrogens is 234 g/mol. The Labute approximate surface area is 104 Å². The van der Waals surface area contributed by atoms with Crippen LogP contribution >= 0.6 is 11.3 Å². The highest BCUT2D eigenvalue weighted by Crippen LogP contribution is 2.24. The molecule has 0 saturated heterocycles. The quantitative estimate of drug-likeness (QED) is 0.796. The van der Waals surface area contributed by atoms with E-state index in [0.717, 1.165) is 23.4 Å². The first kappa shape index (κ1) is 11.9. The Balaban J connectivity index is 2.02. The van der Waals surface area contributed by atoms with Crippen LogP contribution in [0.2, 0.25) is 0 Å². The molecule has 90 valence electrons. The van der Waals surface area contributed by atoms with Crippen LogP contribution in [0.25, 0.3) is 11.3 Å². The molecule has 0 radical (unpaired) electrons. The van der Waals surface area contributed by atoms with Gasteiger partial charge in [0.15, 0.2) is 5.13 Å². The Morgan fingerprint density at radius 2 is 2.00 bits per heavy atom. The lowest BCUT2D eigenvalue weighted by atomic mass is 10.2. The maximum absolute atomic E-state index is 5.60. The molecule has 1 heterocycles. The predicted octanol–water partition coefficient (Wildman–Crippen LogP) is 2.12. The number of hydrogen-bond acceptors (Lipinski definition) is 5. The molecule has 4 nitrogen and oxygen atoms in total. The molecule has 0 atom stereocenters. The SMILES string of the molecule is NCCCOc1ccc(-c2csc(N)n2)cc1. The summed E-state index contributed by atoms with van der Waals surface area (Å²) in [6.45, 7) is 1.30. The molecule has 4 N–H and O–H groups in total. The standard InChI is InChI=1S/C12H15N3OS/c13-6-1-7-16-10-4-2-9(3-5-10)11-8-17-12(14)15-11/h2-5,8H,1,6-7,13H2,(H2,14,15). The van der Waals surface area contributed by atoms with Gasteiger partial charge in [-0.1, -0.05) is 0 Å². The lowest BCUT2D eigenvalue weighted by molar-refractivity contribution is 0.313. The first-order valence-electron chi connectivity index (χ1n) is 5.44. The van der Waals surface area contributed by atoms with Crippen molar-refractivity contribution < 1.29 is 4.74 Å². The Kier molecular flexibility index (Phi) is 3.95. The fourth-order valence-electron chi connectivity index (χ4n) is 1.42. The molecule has 0 aliphatic rings. The summed E-state index contributed by atoms with van der Waals surface area (Å²) in [5.74, 6) is 0.852. The average Bonchev–Trinajstić information content (AvgIpc) is 2.77. The van der Waals surface area contributed by atoms with Gasteiger partial charge >= 0.3 is 0 Å². The summed E-state index contributed by atoms with van der Waals surface area (Å²) in [6, 6.07) is 7.82. The molecule has 2 rings (SSSR count). The fourth-order valence-corrected chi connectivity index (χ4v) is 1.99. The fraction of sp³-hybridized carbons (Fsp3) is 0.250. The molecule has 0 amide bonds. The van der Waals surface area contributed by atoms with E-state index in [-0.39, 0.29) is 0 Å². The van der Waals surface area contributed by atoms with Gasteiger partial charge in [0.1, 0.15) is 5.75 Å². The summed E-state index contributed by atoms with van der Waals surface area (Å²) >= 11 is 1.44. The van der Waals surface area contributed by atoms with Crippen molar-refractivity contribution in [2.24, 2.45) is 5.73 Å². The van der Waals surface area contributed by atoms with Gasteiger partial charge in [-0.2, -0.15) is 0 Å². The first-order valence-corrected chi connectivity index (χ1v) is 6.32. The van der Waals surface area contributed by atoms with Crippen LogP contribution in [-0.4, -0.2) is 18.1 Å². The lowest BCUT2D eigenvalue weighted by Crippen LogP contribution is -2.05. The molecule has 0 spiro atoms. The Bertz CT molecular complexity index is 467. The lowest BCUT2D eigenvalue weighted by Gasteiger charge is -2.05. The van der Waals surface area contributed by atoms with Crippen molar-refractivity contribution in [2.45, 2.75) is 6.42 Å². The zero-order chi connectivity index (χ0) is 12.1. The van der Waals surface area contributed by atoms with Crippen LogP contribution in [0.1, 0.15) is 6.42 Å². The zero-order valence-electron chi connectivity index (χ0n) is 9.43. The van der Waals surface area contributed by atoms with Crippen LogP contribution < -0.4 is 16.2 Å². The third kappa shape index (κ3) is 3.18. The number of nitrogens with two attached hydrogens (primary N) is 2. The van der Waals surface area contributed by atoms with E-state index in [1.54, 1.807) is 0 Å².